The topological polar surface area (TPSA) is 349 Å². The summed E-state index contributed by atoms with van der Waals surface area (Å²) in [5.41, 5.74) is 13.0. The van der Waals surface area contributed by atoms with Crippen molar-refractivity contribution in [3.05, 3.63) is 217 Å². The van der Waals surface area contributed by atoms with Gasteiger partial charge in [0.25, 0.3) is 0 Å². The number of thioether (sulfide) groups is 1. The molecule has 28 nitrogen and oxygen atoms in total. The molecule has 0 bridgehead atoms. The minimum absolute atomic E-state index is 0.00894. The number of nitrogens with one attached hydrogen (secondary N) is 8. The molecule has 4 aromatic heterocycles. The summed E-state index contributed by atoms with van der Waals surface area (Å²) in [6, 6.07) is 48.0. The predicted molar refractivity (Wildman–Crippen MR) is 476 cm³/mol. The quantitative estimate of drug-likeness (QED) is 0.0216. The Kier molecular flexibility index (Phi) is 27.6. The first-order chi connectivity index (χ1) is 60.5. The Morgan fingerprint density at radius 2 is 0.696 bits per heavy atom. The summed E-state index contributed by atoms with van der Waals surface area (Å²) < 4.78 is 20.6. The Morgan fingerprint density at radius 3 is 1.01 bits per heavy atom. The fraction of sp³-hybridized carbons (Fsp3) is 0.417. The fourth-order valence-corrected chi connectivity index (χ4v) is 18.4. The van der Waals surface area contributed by atoms with Gasteiger partial charge in [-0.2, -0.15) is 11.8 Å². The van der Waals surface area contributed by atoms with E-state index in [1.165, 1.54) is 14.2 Å². The number of amides is 8. The van der Waals surface area contributed by atoms with Crippen LogP contribution in [0.25, 0.3) is 67.3 Å². The van der Waals surface area contributed by atoms with Crippen molar-refractivity contribution in [2.24, 2.45) is 41.4 Å². The van der Waals surface area contributed by atoms with Crippen LogP contribution < -0.4 is 21.3 Å². The summed E-state index contributed by atoms with van der Waals surface area (Å²) in [5, 5.41) is 11.8. The van der Waals surface area contributed by atoms with Crippen molar-refractivity contribution >= 4 is 59.4 Å². The van der Waals surface area contributed by atoms with Gasteiger partial charge in [0.15, 0.2) is 0 Å². The number of methoxy groups -OCH3 is 4. The Morgan fingerprint density at radius 1 is 0.392 bits per heavy atom. The van der Waals surface area contributed by atoms with Crippen molar-refractivity contribution in [2.45, 2.75) is 140 Å². The van der Waals surface area contributed by atoms with Crippen molar-refractivity contribution in [1.82, 2.24) is 80.7 Å². The first-order valence-electron chi connectivity index (χ1n) is 43.3. The van der Waals surface area contributed by atoms with E-state index in [4.69, 9.17) is 38.9 Å². The Balaban J connectivity index is 0.000000193. The second kappa shape index (κ2) is 39.3. The highest BCUT2D eigenvalue weighted by molar-refractivity contribution is 7.99. The van der Waals surface area contributed by atoms with Crippen molar-refractivity contribution in [3.8, 4) is 67.3 Å². The number of alkyl carbamates (subject to hydrolysis) is 2. The van der Waals surface area contributed by atoms with E-state index in [0.717, 1.165) is 123 Å². The average Bonchev–Trinajstić information content (AvgIpc) is 1.65. The minimum Gasteiger partial charge on any atom is -0.453 e. The van der Waals surface area contributed by atoms with Crippen LogP contribution in [0.5, 0.6) is 0 Å². The van der Waals surface area contributed by atoms with Crippen molar-refractivity contribution in [3.63, 3.8) is 0 Å². The van der Waals surface area contributed by atoms with E-state index in [2.05, 4.69) is 151 Å². The number of nitrogens with zero attached hydrogens (tertiary/aromatic N) is 8. The monoisotopic (exact) mass is 1710 g/mol. The molecule has 16 rings (SSSR count). The van der Waals surface area contributed by atoms with Crippen LogP contribution >= 0.6 is 11.8 Å². The van der Waals surface area contributed by atoms with Gasteiger partial charge in [-0.1, -0.05) is 192 Å². The zero-order valence-corrected chi connectivity index (χ0v) is 73.2. The smallest absolute Gasteiger partial charge is 0.407 e. The van der Waals surface area contributed by atoms with Gasteiger partial charge in [0.1, 0.15) is 47.5 Å². The van der Waals surface area contributed by atoms with E-state index < -0.39 is 36.4 Å². The molecule has 10 aromatic rings. The van der Waals surface area contributed by atoms with Gasteiger partial charge in [0.05, 0.1) is 99.2 Å². The van der Waals surface area contributed by atoms with Gasteiger partial charge in [0, 0.05) is 69.3 Å². The molecule has 6 aromatic carbocycles. The van der Waals surface area contributed by atoms with E-state index in [-0.39, 0.29) is 106 Å². The first kappa shape index (κ1) is 87.7. The highest BCUT2D eigenvalue weighted by Gasteiger charge is 2.47. The Hall–Kier alpha value is -12.2. The van der Waals surface area contributed by atoms with Crippen LogP contribution in [-0.4, -0.2) is 199 Å². The van der Waals surface area contributed by atoms with Crippen LogP contribution in [0, 0.1) is 41.4 Å². The standard InChI is InChI=1S/C48H56N8O6S.C48H56N8O6/c1-28(2)41(54-48(60)62-4)46(58)56-26-36(63-5)22-40(56)44-50-24-38(52-44)33-17-13-31(14-18-33)30-11-15-32(16-12-30)37-23-49-43(51-37)39-21-29(27-61-3)25-55(39)47(59)42(34-9-7-6-8-10-34)53-45(57)35-19-20-35;1-28(2)41(54-48(60)62-5)46(58)56-26-30(27-61-4)22-40(56)44-50-24-38(52-44)34-17-13-32(14-18-34)31-11-15-33(16-12-31)37-23-49-43(51-37)39-21-29(3)25-55(39)47(59)42(35-9-7-6-8-10-35)53-45(57)36-19-20-36/h6-18,23-24,28-29,35-36,39-42H,19-22,25-27H2,1-5H3,(H,49,51)(H,50,52)(H,53,57)(H,54,60);6-18,23-24,28-30,36,39-42H,19-22,25-27H2,1-5H3,(H,49,51)(H,50,52)(H,53,57)(H,54,60)/t29-,36-,39-,40-,41-,42+;29-,30-,39-,40-,41-,42+/m00/s1. The second-order valence-corrected chi connectivity index (χ2v) is 35.7. The molecule has 2 saturated carbocycles. The largest absolute Gasteiger partial charge is 0.453 e. The average molecular weight is 1710 g/mol. The molecule has 0 radical (unpaired) electrons. The number of hydrogen-bond acceptors (Lipinski definition) is 17. The van der Waals surface area contributed by atoms with Gasteiger partial charge in [0.2, 0.25) is 35.4 Å². The SMILES string of the molecule is COC[C@H]1C[C@@H](c2ncc(-c3ccc(-c4ccc(-c5cnc([C@@H]6C[C@H](C)CN6C(=O)[C@H](NC(=O)C6CC6)c6ccccc6)[nH]5)cc4)cc3)[nH]2)N(C(=O)[C@@H](NC(=O)OC)C(C)C)C1.COC[C@H]1C[C@@H](c2ncc(-c3ccc(-c4ccc(-c5cnc([C@@H]6C[C@H](SC)CN6C(=O)[C@@H](NC(=O)OC)C(C)C)[nH]5)cc4)cc3)[nH]2)N(C(=O)[C@H](NC(=O)C2CC2)c2ccccc2)C1. The molecule has 6 fully saturated rings. The van der Waals surface area contributed by atoms with Crippen LogP contribution in [0.3, 0.4) is 0 Å². The lowest BCUT2D eigenvalue weighted by atomic mass is 10.0. The maximum Gasteiger partial charge on any atom is 0.407 e. The molecule has 29 heteroatoms. The number of rotatable bonds is 29. The molecule has 125 heavy (non-hydrogen) atoms. The maximum atomic E-state index is 14.4. The molecule has 6 aliphatic rings. The van der Waals surface area contributed by atoms with E-state index >= 15 is 0 Å². The summed E-state index contributed by atoms with van der Waals surface area (Å²) in [5.74, 6) is 2.32. The minimum atomic E-state index is -0.786. The third-order valence-electron chi connectivity index (χ3n) is 24.9. The molecule has 8 amide bonds. The molecule has 4 saturated heterocycles. The van der Waals surface area contributed by atoms with Crippen molar-refractivity contribution in [1.29, 1.82) is 0 Å². The molecule has 4 aliphatic heterocycles. The molecule has 8 heterocycles. The van der Waals surface area contributed by atoms with Crippen LogP contribution in [-0.2, 0) is 47.7 Å². The molecule has 2 aliphatic carbocycles. The number of hydrogen-bond donors (Lipinski definition) is 8. The first-order valence-corrected chi connectivity index (χ1v) is 44.6. The molecule has 0 spiro atoms. The lowest BCUT2D eigenvalue weighted by Gasteiger charge is -2.30. The van der Waals surface area contributed by atoms with Gasteiger partial charge in [-0.15, -0.1) is 0 Å². The molecule has 8 N–H and O–H groups in total. The number of likely N-dealkylation sites (tertiary alicyclic amines) is 4. The summed E-state index contributed by atoms with van der Waals surface area (Å²) in [4.78, 5) is 147. The molecular weight excluding hydrogens is 1600 g/mol. The summed E-state index contributed by atoms with van der Waals surface area (Å²) >= 11 is 1.72. The summed E-state index contributed by atoms with van der Waals surface area (Å²) in [6.07, 6.45) is 14.4. The van der Waals surface area contributed by atoms with E-state index in [1.807, 2.05) is 122 Å². The van der Waals surface area contributed by atoms with Gasteiger partial charge < -0.3 is 79.8 Å². The third-order valence-corrected chi connectivity index (χ3v) is 25.9. The number of ether oxygens (including phenoxy) is 4. The van der Waals surface area contributed by atoms with E-state index in [9.17, 15) is 38.4 Å². The number of carbonyl (C=O) groups excluding carboxylic acids is 8. The van der Waals surface area contributed by atoms with Crippen molar-refractivity contribution in [2.75, 3.05) is 74.1 Å². The Labute approximate surface area is 732 Å². The van der Waals surface area contributed by atoms with Gasteiger partial charge in [-0.25, -0.2) is 29.5 Å². The van der Waals surface area contributed by atoms with E-state index in [0.29, 0.717) is 69.7 Å². The predicted octanol–water partition coefficient (Wildman–Crippen LogP) is 14.6. The number of aromatic nitrogens is 8. The highest BCUT2D eigenvalue weighted by Crippen LogP contribution is 2.44. The normalized spacial score (nSPS) is 20.8. The van der Waals surface area contributed by atoms with Crippen LogP contribution in [0.4, 0.5) is 9.59 Å². The lowest BCUT2D eigenvalue weighted by molar-refractivity contribution is -0.138. The van der Waals surface area contributed by atoms with Crippen LogP contribution in [0.2, 0.25) is 0 Å². The van der Waals surface area contributed by atoms with Crippen molar-refractivity contribution < 1.29 is 57.3 Å². The molecule has 0 unspecified atom stereocenters. The van der Waals surface area contributed by atoms with Gasteiger partial charge in [-0.3, -0.25) is 28.8 Å². The van der Waals surface area contributed by atoms with Gasteiger partial charge >= 0.3 is 12.2 Å². The fourth-order valence-electron chi connectivity index (χ4n) is 17.7. The zero-order valence-electron chi connectivity index (χ0n) is 72.3. The maximum absolute atomic E-state index is 14.4. The lowest BCUT2D eigenvalue weighted by Crippen LogP contribution is -2.51. The van der Waals surface area contributed by atoms with Gasteiger partial charge in [-0.05, 0) is 131 Å². The van der Waals surface area contributed by atoms with Crippen LogP contribution in [0.1, 0.15) is 157 Å². The Bertz CT molecular complexity index is 5400. The number of carbonyl (C=O) groups is 8. The highest BCUT2D eigenvalue weighted by atomic mass is 32.2. The number of benzene rings is 6. The van der Waals surface area contributed by atoms with E-state index in [1.54, 1.807) is 37.1 Å². The summed E-state index contributed by atoms with van der Waals surface area (Å²) in [7, 11) is 5.91. The molecule has 12 atom stereocenters. The molecule has 654 valence electrons. The molecular formula is C96H112N16O12S. The third kappa shape index (κ3) is 20.3. The zero-order chi connectivity index (χ0) is 87.7. The number of aromatic amines is 4. The van der Waals surface area contributed by atoms with Crippen LogP contribution in [0.15, 0.2) is 183 Å². The summed E-state index contributed by atoms with van der Waals surface area (Å²) in [6.45, 7) is 12.9. The number of imidazole rings is 4. The second-order valence-electron chi connectivity index (χ2n) is 34.6. The number of H-pyrrole nitrogens is 4.